The van der Waals surface area contributed by atoms with E-state index >= 15 is 0 Å². The Morgan fingerprint density at radius 3 is 2.35 bits per heavy atom. The van der Waals surface area contributed by atoms with Crippen LogP contribution in [-0.4, -0.2) is 28.8 Å². The van der Waals surface area contributed by atoms with Gasteiger partial charge in [-0.3, -0.25) is 4.79 Å². The predicted molar refractivity (Wildman–Crippen MR) is 76.1 cm³/mol. The van der Waals surface area contributed by atoms with Gasteiger partial charge in [0.2, 0.25) is 0 Å². The Hall–Kier alpha value is -0.960. The maximum absolute atomic E-state index is 12.2. The molecule has 0 atom stereocenters. The lowest BCUT2D eigenvalue weighted by atomic mass is 9.90. The van der Waals surface area contributed by atoms with Crippen molar-refractivity contribution >= 4 is 23.0 Å². The molecule has 0 heterocycles. The first kappa shape index (κ1) is 14.1. The summed E-state index contributed by atoms with van der Waals surface area (Å²) in [7, 11) is 0. The highest BCUT2D eigenvalue weighted by Gasteiger charge is 2.22. The largest absolute Gasteiger partial charge is 0.339 e. The van der Waals surface area contributed by atoms with Crippen LogP contribution in [0.15, 0.2) is 23.3 Å². The van der Waals surface area contributed by atoms with Gasteiger partial charge in [-0.25, -0.2) is 0 Å². The smallest absolute Gasteiger partial charge is 0.254 e. The first-order valence-electron chi connectivity index (χ1n) is 6.24. The lowest BCUT2D eigenvalue weighted by molar-refractivity contribution is -0.126. The molecule has 0 aromatic rings. The molecule has 1 amide bonds. The molecule has 0 aromatic carbocycles. The van der Waals surface area contributed by atoms with Gasteiger partial charge in [0.25, 0.3) is 5.91 Å². The Morgan fingerprint density at radius 2 is 1.94 bits per heavy atom. The summed E-state index contributed by atoms with van der Waals surface area (Å²) in [5.41, 5.74) is 2.01. The number of nitrogens with zero attached hydrogens (tertiary/aromatic N) is 1. The Kier molecular flexibility index (Phi) is 5.06. The third kappa shape index (κ3) is 3.25. The van der Waals surface area contributed by atoms with Crippen molar-refractivity contribution in [1.29, 1.82) is 0 Å². The molecule has 0 spiro atoms. The number of carbonyl (C=O) groups excluding carboxylic acids is 1. The van der Waals surface area contributed by atoms with E-state index in [1.165, 1.54) is 5.57 Å². The van der Waals surface area contributed by atoms with Crippen LogP contribution in [0.5, 0.6) is 0 Å². The number of hydrogen-bond donors (Lipinski definition) is 0. The Labute approximate surface area is 109 Å². The second kappa shape index (κ2) is 6.10. The molecule has 94 valence electrons. The third-order valence-electron chi connectivity index (χ3n) is 3.15. The van der Waals surface area contributed by atoms with E-state index in [0.29, 0.717) is 11.5 Å². The average molecular weight is 251 g/mol. The molecule has 0 saturated carbocycles. The van der Waals surface area contributed by atoms with E-state index in [1.807, 2.05) is 24.8 Å². The normalized spacial score (nSPS) is 15.7. The molecule has 1 aliphatic carbocycles. The van der Waals surface area contributed by atoms with Gasteiger partial charge in [-0.1, -0.05) is 37.7 Å². The molecule has 0 N–H and O–H groups in total. The number of carbonyl (C=O) groups is 1. The maximum atomic E-state index is 12.2. The minimum atomic E-state index is 0.0686. The van der Waals surface area contributed by atoms with Gasteiger partial charge in [-0.2, -0.15) is 0 Å². The van der Waals surface area contributed by atoms with Crippen molar-refractivity contribution in [2.24, 2.45) is 5.92 Å². The second-order valence-corrected chi connectivity index (χ2v) is 5.05. The highest BCUT2D eigenvalue weighted by atomic mass is 32.1. The van der Waals surface area contributed by atoms with Crippen molar-refractivity contribution in [1.82, 2.24) is 4.90 Å². The number of rotatable bonds is 4. The van der Waals surface area contributed by atoms with Crippen LogP contribution in [0.3, 0.4) is 0 Å². The first-order valence-corrected chi connectivity index (χ1v) is 6.65. The van der Waals surface area contributed by atoms with E-state index in [1.54, 1.807) is 0 Å². The number of thiocarbonyl (C=S) groups is 1. The van der Waals surface area contributed by atoms with E-state index in [-0.39, 0.29) is 5.91 Å². The van der Waals surface area contributed by atoms with Gasteiger partial charge < -0.3 is 4.90 Å². The van der Waals surface area contributed by atoms with Crippen molar-refractivity contribution < 1.29 is 4.79 Å². The van der Waals surface area contributed by atoms with Crippen LogP contribution < -0.4 is 0 Å². The van der Waals surface area contributed by atoms with Crippen molar-refractivity contribution in [3.63, 3.8) is 0 Å². The average Bonchev–Trinajstić information content (AvgIpc) is 2.30. The number of allylic oxidation sites excluding steroid dienone is 3. The maximum Gasteiger partial charge on any atom is 0.254 e. The summed E-state index contributed by atoms with van der Waals surface area (Å²) in [6, 6.07) is 0. The highest BCUT2D eigenvalue weighted by molar-refractivity contribution is 7.81. The summed E-state index contributed by atoms with van der Waals surface area (Å²) in [4.78, 5) is 14.8. The minimum absolute atomic E-state index is 0.0686. The van der Waals surface area contributed by atoms with Gasteiger partial charge in [0.05, 0.1) is 5.57 Å². The zero-order valence-electron chi connectivity index (χ0n) is 11.1. The number of hydrogen-bond acceptors (Lipinski definition) is 2. The lowest BCUT2D eigenvalue weighted by Gasteiger charge is -2.23. The fraction of sp³-hybridized carbons (Fsp3) is 0.571. The Morgan fingerprint density at radius 1 is 1.35 bits per heavy atom. The molecule has 2 nitrogen and oxygen atoms in total. The quantitative estimate of drug-likeness (QED) is 0.715. The molecule has 3 heteroatoms. The van der Waals surface area contributed by atoms with Crippen molar-refractivity contribution in [3.05, 3.63) is 23.3 Å². The zero-order valence-corrected chi connectivity index (χ0v) is 11.9. The van der Waals surface area contributed by atoms with Crippen molar-refractivity contribution in [3.8, 4) is 0 Å². The zero-order chi connectivity index (χ0) is 13.0. The van der Waals surface area contributed by atoms with Crippen LogP contribution in [0.4, 0.5) is 0 Å². The summed E-state index contributed by atoms with van der Waals surface area (Å²) in [5, 5.41) is 0. The van der Waals surface area contributed by atoms with Crippen LogP contribution in [0, 0.1) is 5.92 Å². The van der Waals surface area contributed by atoms with Crippen LogP contribution in [-0.2, 0) is 4.79 Å². The summed E-state index contributed by atoms with van der Waals surface area (Å²) < 4.78 is 0. The van der Waals surface area contributed by atoms with E-state index < -0.39 is 0 Å². The fourth-order valence-corrected chi connectivity index (χ4v) is 2.21. The first-order chi connectivity index (χ1) is 8.01. The molecule has 1 rings (SSSR count). The molecule has 0 fully saturated rings. The van der Waals surface area contributed by atoms with E-state index in [2.05, 4.69) is 19.9 Å². The van der Waals surface area contributed by atoms with Crippen LogP contribution >= 0.6 is 12.2 Å². The van der Waals surface area contributed by atoms with Gasteiger partial charge >= 0.3 is 0 Å². The SMILES string of the molecule is CCN(CC)C(=O)C1=CC=C(C(C)C)CC1=S. The van der Waals surface area contributed by atoms with Gasteiger partial charge in [-0.05, 0) is 25.8 Å². The van der Waals surface area contributed by atoms with Gasteiger partial charge in [0, 0.05) is 24.4 Å². The molecule has 0 aliphatic heterocycles. The molecule has 0 unspecified atom stereocenters. The van der Waals surface area contributed by atoms with Gasteiger partial charge in [-0.15, -0.1) is 0 Å². The Bertz CT molecular complexity index is 376. The summed E-state index contributed by atoms with van der Waals surface area (Å²) in [6.45, 7) is 9.75. The molecular formula is C14H21NOS. The minimum Gasteiger partial charge on any atom is -0.339 e. The molecule has 17 heavy (non-hydrogen) atoms. The molecule has 0 radical (unpaired) electrons. The van der Waals surface area contributed by atoms with Gasteiger partial charge in [0.15, 0.2) is 0 Å². The van der Waals surface area contributed by atoms with E-state index in [9.17, 15) is 4.79 Å². The standard InChI is InChI=1S/C14H21NOS/c1-5-15(6-2)14(16)12-8-7-11(10(3)4)9-13(12)17/h7-8,10H,5-6,9H2,1-4H3. The molecular weight excluding hydrogens is 230 g/mol. The molecule has 1 aliphatic rings. The van der Waals surface area contributed by atoms with Crippen LogP contribution in [0.25, 0.3) is 0 Å². The monoisotopic (exact) mass is 251 g/mol. The van der Waals surface area contributed by atoms with Crippen LogP contribution in [0.2, 0.25) is 0 Å². The van der Waals surface area contributed by atoms with Crippen molar-refractivity contribution in [2.45, 2.75) is 34.1 Å². The molecule has 0 bridgehead atoms. The van der Waals surface area contributed by atoms with Crippen LogP contribution in [0.1, 0.15) is 34.1 Å². The predicted octanol–water partition coefficient (Wildman–Crippen LogP) is 3.14. The van der Waals surface area contributed by atoms with Crippen molar-refractivity contribution in [2.75, 3.05) is 13.1 Å². The number of amides is 1. The van der Waals surface area contributed by atoms with E-state index in [0.717, 1.165) is 24.4 Å². The fourth-order valence-electron chi connectivity index (χ4n) is 1.89. The third-order valence-corrected chi connectivity index (χ3v) is 3.52. The molecule has 0 aromatic heterocycles. The highest BCUT2D eigenvalue weighted by Crippen LogP contribution is 2.23. The summed E-state index contributed by atoms with van der Waals surface area (Å²) >= 11 is 5.36. The Balaban J connectivity index is 2.92. The topological polar surface area (TPSA) is 20.3 Å². The molecule has 0 saturated heterocycles. The summed E-state index contributed by atoms with van der Waals surface area (Å²) in [5.74, 6) is 0.563. The summed E-state index contributed by atoms with van der Waals surface area (Å²) in [6.07, 6.45) is 4.70. The van der Waals surface area contributed by atoms with Gasteiger partial charge in [0.1, 0.15) is 0 Å². The lowest BCUT2D eigenvalue weighted by Crippen LogP contribution is -2.34. The number of likely N-dealkylation sites (N-methyl/N-ethyl adjacent to an activating group) is 1. The van der Waals surface area contributed by atoms with E-state index in [4.69, 9.17) is 12.2 Å². The second-order valence-electron chi connectivity index (χ2n) is 4.55.